The van der Waals surface area contributed by atoms with Gasteiger partial charge in [-0.1, -0.05) is 19.4 Å². The Labute approximate surface area is 200 Å². The molecular formula is C27H36O7. The highest BCUT2D eigenvalue weighted by molar-refractivity contribution is 5.91. The summed E-state index contributed by atoms with van der Waals surface area (Å²) in [7, 11) is 1.41. The molecule has 0 bridgehead atoms. The largest absolute Gasteiger partial charge is 0.469 e. The average Bonchev–Trinajstić information content (AvgIpc) is 3.28. The van der Waals surface area contributed by atoms with Gasteiger partial charge in [-0.05, 0) is 67.8 Å². The van der Waals surface area contributed by atoms with Crippen molar-refractivity contribution in [3.63, 3.8) is 0 Å². The van der Waals surface area contributed by atoms with Crippen LogP contribution in [0, 0.1) is 34.5 Å². The van der Waals surface area contributed by atoms with Gasteiger partial charge in [-0.25, -0.2) is 0 Å². The van der Waals surface area contributed by atoms with Gasteiger partial charge in [0.1, 0.15) is 11.7 Å². The number of ketones is 1. The van der Waals surface area contributed by atoms with Crippen molar-refractivity contribution in [1.29, 1.82) is 0 Å². The van der Waals surface area contributed by atoms with E-state index in [0.717, 1.165) is 24.8 Å². The molecule has 4 fully saturated rings. The van der Waals surface area contributed by atoms with E-state index in [2.05, 4.69) is 13.8 Å². The minimum absolute atomic E-state index is 0.00415. The first-order valence-corrected chi connectivity index (χ1v) is 12.7. The molecule has 0 N–H and O–H groups in total. The lowest BCUT2D eigenvalue weighted by atomic mass is 9.43. The minimum Gasteiger partial charge on any atom is -0.469 e. The van der Waals surface area contributed by atoms with Crippen molar-refractivity contribution in [2.45, 2.75) is 90.3 Å². The Bertz CT molecular complexity index is 968. The lowest BCUT2D eigenvalue weighted by Crippen LogP contribution is -2.62. The van der Waals surface area contributed by atoms with E-state index in [0.29, 0.717) is 32.1 Å². The van der Waals surface area contributed by atoms with Gasteiger partial charge < -0.3 is 14.2 Å². The molecule has 34 heavy (non-hydrogen) atoms. The van der Waals surface area contributed by atoms with E-state index in [1.807, 2.05) is 0 Å². The summed E-state index contributed by atoms with van der Waals surface area (Å²) in [6.45, 7) is 5.88. The van der Waals surface area contributed by atoms with Crippen LogP contribution >= 0.6 is 0 Å². The summed E-state index contributed by atoms with van der Waals surface area (Å²) >= 11 is 0. The molecule has 3 saturated carbocycles. The fourth-order valence-corrected chi connectivity index (χ4v) is 8.89. The fourth-order valence-electron chi connectivity index (χ4n) is 8.89. The zero-order valence-electron chi connectivity index (χ0n) is 20.7. The molecule has 0 aromatic carbocycles. The molecule has 0 amide bonds. The highest BCUT2D eigenvalue weighted by Gasteiger charge is 2.71. The van der Waals surface area contributed by atoms with Crippen LogP contribution < -0.4 is 0 Å². The maximum atomic E-state index is 12.5. The maximum Gasteiger partial charge on any atom is 0.306 e. The van der Waals surface area contributed by atoms with Crippen molar-refractivity contribution < 1.29 is 33.4 Å². The van der Waals surface area contributed by atoms with Crippen LogP contribution in [0.5, 0.6) is 0 Å². The van der Waals surface area contributed by atoms with E-state index in [4.69, 9.17) is 14.2 Å². The molecule has 8 atom stereocenters. The number of rotatable bonds is 3. The number of carbonyl (C=O) groups is 4. The first-order valence-electron chi connectivity index (χ1n) is 12.7. The van der Waals surface area contributed by atoms with Crippen LogP contribution in [0.15, 0.2) is 11.6 Å². The van der Waals surface area contributed by atoms with Gasteiger partial charge in [0.2, 0.25) is 0 Å². The van der Waals surface area contributed by atoms with Gasteiger partial charge in [0.15, 0.2) is 5.78 Å². The number of esters is 3. The second-order valence-electron chi connectivity index (χ2n) is 11.8. The number of fused-ring (bicyclic) bond motifs is 6. The number of methoxy groups -OCH3 is 1. The van der Waals surface area contributed by atoms with Gasteiger partial charge in [-0.3, -0.25) is 19.2 Å². The zero-order valence-corrected chi connectivity index (χ0v) is 20.7. The van der Waals surface area contributed by atoms with Crippen molar-refractivity contribution >= 4 is 23.7 Å². The van der Waals surface area contributed by atoms with Crippen LogP contribution in [0.4, 0.5) is 0 Å². The summed E-state index contributed by atoms with van der Waals surface area (Å²) in [5, 5.41) is 0. The Kier molecular flexibility index (Phi) is 5.49. The van der Waals surface area contributed by atoms with E-state index in [9.17, 15) is 19.2 Å². The van der Waals surface area contributed by atoms with Gasteiger partial charge >= 0.3 is 17.9 Å². The Morgan fingerprint density at radius 2 is 1.91 bits per heavy atom. The zero-order chi connectivity index (χ0) is 24.5. The second-order valence-corrected chi connectivity index (χ2v) is 11.8. The molecular weight excluding hydrogens is 436 g/mol. The summed E-state index contributed by atoms with van der Waals surface area (Å²) in [6, 6.07) is 0. The summed E-state index contributed by atoms with van der Waals surface area (Å²) in [5.74, 6) is -0.265. The van der Waals surface area contributed by atoms with Crippen molar-refractivity contribution in [1.82, 2.24) is 0 Å². The Hall–Kier alpha value is -2.18. The predicted molar refractivity (Wildman–Crippen MR) is 121 cm³/mol. The lowest BCUT2D eigenvalue weighted by molar-refractivity contribution is -0.205. The third-order valence-corrected chi connectivity index (χ3v) is 10.4. The highest BCUT2D eigenvalue weighted by atomic mass is 16.6. The fraction of sp³-hybridized carbons (Fsp3) is 0.778. The van der Waals surface area contributed by atoms with E-state index in [-0.39, 0.29) is 70.7 Å². The molecule has 186 valence electrons. The lowest BCUT2D eigenvalue weighted by Gasteiger charge is -2.63. The molecule has 3 unspecified atom stereocenters. The number of ether oxygens (including phenoxy) is 3. The van der Waals surface area contributed by atoms with Gasteiger partial charge in [-0.15, -0.1) is 0 Å². The summed E-state index contributed by atoms with van der Waals surface area (Å²) in [5.41, 5.74) is -0.0567. The molecule has 7 heteroatoms. The van der Waals surface area contributed by atoms with Crippen molar-refractivity contribution in [2.24, 2.45) is 34.5 Å². The number of hydrogen-bond donors (Lipinski definition) is 0. The molecule has 1 saturated heterocycles. The van der Waals surface area contributed by atoms with Crippen molar-refractivity contribution in [2.75, 3.05) is 7.11 Å². The molecule has 1 heterocycles. The Balaban J connectivity index is 1.64. The summed E-state index contributed by atoms with van der Waals surface area (Å²) in [4.78, 5) is 49.5. The third-order valence-electron chi connectivity index (χ3n) is 10.4. The first-order chi connectivity index (χ1) is 16.0. The Morgan fingerprint density at radius 1 is 1.15 bits per heavy atom. The number of hydrogen-bond acceptors (Lipinski definition) is 7. The van der Waals surface area contributed by atoms with E-state index in [1.165, 1.54) is 14.0 Å². The summed E-state index contributed by atoms with van der Waals surface area (Å²) in [6.07, 6.45) is 7.06. The van der Waals surface area contributed by atoms with Crippen LogP contribution in [0.3, 0.4) is 0 Å². The number of carbonyl (C=O) groups excluding carboxylic acids is 4. The average molecular weight is 473 g/mol. The molecule has 7 nitrogen and oxygen atoms in total. The summed E-state index contributed by atoms with van der Waals surface area (Å²) < 4.78 is 17.2. The highest BCUT2D eigenvalue weighted by Crippen LogP contribution is 2.71. The van der Waals surface area contributed by atoms with Crippen LogP contribution in [0.2, 0.25) is 0 Å². The molecule has 5 aliphatic rings. The normalized spacial score (nSPS) is 45.1. The monoisotopic (exact) mass is 472 g/mol. The van der Waals surface area contributed by atoms with Gasteiger partial charge in [0, 0.05) is 37.5 Å². The van der Waals surface area contributed by atoms with Gasteiger partial charge in [0.05, 0.1) is 7.11 Å². The van der Waals surface area contributed by atoms with Crippen molar-refractivity contribution in [3.05, 3.63) is 11.6 Å². The topological polar surface area (TPSA) is 96.0 Å². The molecule has 1 spiro atoms. The second kappa shape index (κ2) is 7.92. The first kappa shape index (κ1) is 23.6. The predicted octanol–water partition coefficient (Wildman–Crippen LogP) is 3.92. The molecule has 0 aromatic heterocycles. The third kappa shape index (κ3) is 3.29. The molecule has 1 aliphatic heterocycles. The van der Waals surface area contributed by atoms with E-state index in [1.54, 1.807) is 6.08 Å². The molecule has 5 rings (SSSR count). The molecule has 0 aromatic rings. The Morgan fingerprint density at radius 3 is 2.56 bits per heavy atom. The molecule has 0 radical (unpaired) electrons. The van der Waals surface area contributed by atoms with Gasteiger partial charge in [-0.2, -0.15) is 0 Å². The standard InChI is InChI=1S/C27H36O7/c1-15(28)33-20-14-26(3)19(6-9-27(26)10-7-21(30)34-27)23-16(12-22(31)32-4)11-17-13-18(29)5-8-25(17,2)24(20)23/h13,16,19-20,23-24H,5-12,14H2,1-4H3/t16-,19?,20+,23?,24?,25-,26-,27+/m0/s1. The SMILES string of the molecule is COC(=O)C[C@@H]1CC2=CC(=O)CC[C@]2(C)C2C1C1CC[C@@]3(CCC(=O)O3)[C@@]1(C)C[C@H]2OC(C)=O. The van der Waals surface area contributed by atoms with Crippen LogP contribution in [0.1, 0.15) is 78.6 Å². The van der Waals surface area contributed by atoms with Crippen LogP contribution in [-0.4, -0.2) is 42.5 Å². The number of allylic oxidation sites excluding steroid dienone is 1. The van der Waals surface area contributed by atoms with Gasteiger partial charge in [0.25, 0.3) is 0 Å². The smallest absolute Gasteiger partial charge is 0.306 e. The van der Waals surface area contributed by atoms with Crippen molar-refractivity contribution in [3.8, 4) is 0 Å². The molecule has 4 aliphatic carbocycles. The van der Waals surface area contributed by atoms with Crippen LogP contribution in [-0.2, 0) is 33.4 Å². The van der Waals surface area contributed by atoms with E-state index >= 15 is 0 Å². The maximum absolute atomic E-state index is 12.5. The minimum atomic E-state index is -0.534. The quantitative estimate of drug-likeness (QED) is 0.454. The van der Waals surface area contributed by atoms with E-state index < -0.39 is 5.60 Å². The van der Waals surface area contributed by atoms with Crippen LogP contribution in [0.25, 0.3) is 0 Å².